The number of aliphatic hydroxyl groups excluding tert-OH is 1. The van der Waals surface area contributed by atoms with Gasteiger partial charge in [0.25, 0.3) is 5.97 Å². The molecule has 0 spiro atoms. The molecule has 60 valence electrons. The zero-order chi connectivity index (χ0) is 9.15. The third-order valence-corrected chi connectivity index (χ3v) is 0. The fourth-order valence-corrected chi connectivity index (χ4v) is 0. The average molecular weight is 184 g/mol. The molecule has 0 aromatic heterocycles. The minimum absolute atomic E-state index is 0.167. The van der Waals surface area contributed by atoms with Gasteiger partial charge in [-0.2, -0.15) is 0 Å². The Bertz CT molecular complexity index is 67.3. The van der Waals surface area contributed by atoms with Crippen LogP contribution in [0.5, 0.6) is 0 Å². The zero-order valence-corrected chi connectivity index (χ0v) is 7.85. The van der Waals surface area contributed by atoms with Crippen LogP contribution < -0.4 is 0 Å². The molecule has 0 fully saturated rings. The molecule has 0 bridgehead atoms. The number of carboxylic acids is 1. The predicted molar refractivity (Wildman–Crippen MR) is 31.4 cm³/mol. The van der Waals surface area contributed by atoms with Gasteiger partial charge in [0, 0.05) is 13.0 Å². The summed E-state index contributed by atoms with van der Waals surface area (Å²) in [6, 6.07) is 0. The number of rotatable bonds is 0. The van der Waals surface area contributed by atoms with Crippen molar-refractivity contribution in [1.82, 2.24) is 0 Å². The first kappa shape index (κ1) is 16.5. The molecule has 0 aromatic rings. The van der Waals surface area contributed by atoms with E-state index in [0.717, 1.165) is 27.3 Å². The third-order valence-electron chi connectivity index (χ3n) is 0. The van der Waals surface area contributed by atoms with E-state index in [1.165, 1.54) is 0 Å². The van der Waals surface area contributed by atoms with Gasteiger partial charge < -0.3 is 10.2 Å². The van der Waals surface area contributed by atoms with Crippen molar-refractivity contribution in [2.45, 2.75) is 26.9 Å². The third kappa shape index (κ3) is 123000. The molecule has 0 saturated carbocycles. The second kappa shape index (κ2) is 16.0. The molecule has 0 unspecified atom stereocenters. The van der Waals surface area contributed by atoms with Gasteiger partial charge in [0.15, 0.2) is 0 Å². The molecule has 0 radical (unpaired) electrons. The van der Waals surface area contributed by atoms with Crippen LogP contribution in [-0.4, -0.2) is 22.3 Å². The summed E-state index contributed by atoms with van der Waals surface area (Å²) in [6.07, 6.45) is -0.167. The fourth-order valence-electron chi connectivity index (χ4n) is 0. The molecule has 0 saturated heterocycles. The first-order chi connectivity index (χ1) is 4.46. The maximum absolute atomic E-state index is 9.00. The summed E-state index contributed by atoms with van der Waals surface area (Å²) < 4.78 is 8.25. The van der Waals surface area contributed by atoms with Crippen LogP contribution in [0.4, 0.5) is 0 Å². The van der Waals surface area contributed by atoms with Crippen LogP contribution in [0.3, 0.4) is 0 Å². The van der Waals surface area contributed by atoms with E-state index in [4.69, 9.17) is 18.3 Å². The molecule has 0 aliphatic rings. The molecular formula is C5H12O4Ti. The number of aliphatic carboxylic acids is 1. The fraction of sp³-hybridized carbons (Fsp3) is 0.800. The van der Waals surface area contributed by atoms with E-state index < -0.39 is 5.97 Å². The summed E-state index contributed by atoms with van der Waals surface area (Å²) in [5, 5.41) is 15.5. The van der Waals surface area contributed by atoms with Crippen LogP contribution in [0.25, 0.3) is 0 Å². The SMILES string of the molecule is CC(=O)O.CC(C)O.[O]=[Ti]. The van der Waals surface area contributed by atoms with Crippen molar-refractivity contribution in [3.05, 3.63) is 0 Å². The van der Waals surface area contributed by atoms with E-state index in [9.17, 15) is 0 Å². The van der Waals surface area contributed by atoms with Crippen LogP contribution >= 0.6 is 0 Å². The number of aliphatic hydroxyl groups is 1. The Labute approximate surface area is 72.0 Å². The molecule has 10 heavy (non-hydrogen) atoms. The Morgan fingerprint density at radius 3 is 1.40 bits per heavy atom. The molecule has 0 heterocycles. The average Bonchev–Trinajstić information content (AvgIpc) is 1.66. The number of carboxylic acid groups (broad SMARTS) is 1. The molecule has 0 aromatic carbocycles. The summed E-state index contributed by atoms with van der Waals surface area (Å²) in [6.45, 7) is 4.53. The van der Waals surface area contributed by atoms with Crippen molar-refractivity contribution < 1.29 is 38.7 Å². The van der Waals surface area contributed by atoms with Gasteiger partial charge in [0.05, 0.1) is 0 Å². The van der Waals surface area contributed by atoms with Crippen LogP contribution in [-0.2, 0) is 28.5 Å². The summed E-state index contributed by atoms with van der Waals surface area (Å²) in [5.41, 5.74) is 0. The van der Waals surface area contributed by atoms with Gasteiger partial charge in [0.2, 0.25) is 0 Å². The topological polar surface area (TPSA) is 74.6 Å². The Morgan fingerprint density at radius 2 is 1.40 bits per heavy atom. The van der Waals surface area contributed by atoms with Crippen molar-refractivity contribution in [3.8, 4) is 0 Å². The molecule has 2 N–H and O–H groups in total. The van der Waals surface area contributed by atoms with Gasteiger partial charge in [-0.1, -0.05) is 0 Å². The molecular weight excluding hydrogens is 172 g/mol. The Morgan fingerprint density at radius 1 is 1.40 bits per heavy atom. The summed E-state index contributed by atoms with van der Waals surface area (Å²) >= 11 is 0.750. The molecule has 5 heteroatoms. The van der Waals surface area contributed by atoms with E-state index in [1.807, 2.05) is 0 Å². The van der Waals surface area contributed by atoms with Gasteiger partial charge in [-0.3, -0.25) is 4.79 Å². The van der Waals surface area contributed by atoms with Gasteiger partial charge >= 0.3 is 23.7 Å². The first-order valence-electron chi connectivity index (χ1n) is 2.54. The minimum atomic E-state index is -0.833. The van der Waals surface area contributed by atoms with Crippen LogP contribution in [0.2, 0.25) is 0 Å². The van der Waals surface area contributed by atoms with Gasteiger partial charge in [0.1, 0.15) is 0 Å². The Kier molecular flexibility index (Phi) is 26.4. The molecule has 0 aliphatic heterocycles. The van der Waals surface area contributed by atoms with E-state index in [2.05, 4.69) is 0 Å². The normalized spacial score (nSPS) is 6.40. The van der Waals surface area contributed by atoms with Crippen molar-refractivity contribution in [2.24, 2.45) is 0 Å². The van der Waals surface area contributed by atoms with E-state index in [1.54, 1.807) is 13.8 Å². The standard InChI is InChI=1S/C3H8O.C2H4O2.O.Ti/c1-3(2)4;1-2(3)4;;/h3-4H,1-2H3;1H3,(H,3,4);;. The van der Waals surface area contributed by atoms with Gasteiger partial charge in [-0.15, -0.1) is 0 Å². The van der Waals surface area contributed by atoms with Crippen molar-refractivity contribution in [3.63, 3.8) is 0 Å². The Balaban J connectivity index is -0.0000000787. The van der Waals surface area contributed by atoms with Crippen molar-refractivity contribution in [1.29, 1.82) is 0 Å². The second-order valence-corrected chi connectivity index (χ2v) is 1.61. The van der Waals surface area contributed by atoms with E-state index >= 15 is 0 Å². The van der Waals surface area contributed by atoms with Crippen LogP contribution in [0.15, 0.2) is 0 Å². The second-order valence-electron chi connectivity index (χ2n) is 1.61. The molecule has 0 aliphatic carbocycles. The number of carbonyl (C=O) groups is 1. The summed E-state index contributed by atoms with van der Waals surface area (Å²) in [5.74, 6) is -0.833. The van der Waals surface area contributed by atoms with Gasteiger partial charge in [-0.25, -0.2) is 0 Å². The Hall–Kier alpha value is -0.0557. The van der Waals surface area contributed by atoms with E-state index in [-0.39, 0.29) is 6.10 Å². The number of hydrogen-bond acceptors (Lipinski definition) is 3. The predicted octanol–water partition coefficient (Wildman–Crippen LogP) is 0.357. The molecule has 4 nitrogen and oxygen atoms in total. The van der Waals surface area contributed by atoms with Crippen molar-refractivity contribution in [2.75, 3.05) is 0 Å². The summed E-state index contributed by atoms with van der Waals surface area (Å²) in [4.78, 5) is 9.00. The molecule has 0 amide bonds. The van der Waals surface area contributed by atoms with Crippen LogP contribution in [0, 0.1) is 0 Å². The number of hydrogen-bond donors (Lipinski definition) is 2. The monoisotopic (exact) mass is 184 g/mol. The zero-order valence-electron chi connectivity index (χ0n) is 6.29. The molecule has 0 rings (SSSR count). The quantitative estimate of drug-likeness (QED) is 0.533. The first-order valence-corrected chi connectivity index (χ1v) is 3.18. The van der Waals surface area contributed by atoms with Gasteiger partial charge in [-0.05, 0) is 13.8 Å². The van der Waals surface area contributed by atoms with Crippen molar-refractivity contribution >= 4 is 5.97 Å². The van der Waals surface area contributed by atoms with Crippen LogP contribution in [0.1, 0.15) is 20.8 Å². The van der Waals surface area contributed by atoms with E-state index in [0.29, 0.717) is 0 Å². The maximum atomic E-state index is 9.00. The molecule has 0 atom stereocenters. The summed E-state index contributed by atoms with van der Waals surface area (Å²) in [7, 11) is 0.